The molecule has 0 radical (unpaired) electrons. The van der Waals surface area contributed by atoms with E-state index >= 15 is 0 Å². The molecule has 1 N–H and O–H groups in total. The lowest BCUT2D eigenvalue weighted by Crippen LogP contribution is -2.34. The molecule has 5 heteroatoms. The summed E-state index contributed by atoms with van der Waals surface area (Å²) in [6, 6.07) is 13.6. The van der Waals surface area contributed by atoms with Crippen LogP contribution in [0.25, 0.3) is 0 Å². The topological polar surface area (TPSA) is 55.4 Å². The van der Waals surface area contributed by atoms with Crippen molar-refractivity contribution < 1.29 is 18.7 Å². The molecule has 0 aliphatic heterocycles. The van der Waals surface area contributed by atoms with E-state index in [1.54, 1.807) is 18.2 Å². The molecular weight excluding hydrogens is 381 g/mol. The quantitative estimate of drug-likeness (QED) is 0.573. The van der Waals surface area contributed by atoms with E-state index in [1.807, 2.05) is 36.4 Å². The van der Waals surface area contributed by atoms with Gasteiger partial charge in [-0.1, -0.05) is 63.3 Å². The van der Waals surface area contributed by atoms with Gasteiger partial charge in [0.15, 0.2) is 0 Å². The summed E-state index contributed by atoms with van der Waals surface area (Å²) in [5, 5.41) is 2.99. The average Bonchev–Trinajstić information content (AvgIpc) is 3.16. The van der Waals surface area contributed by atoms with E-state index in [9.17, 15) is 14.0 Å². The Morgan fingerprint density at radius 3 is 2.33 bits per heavy atom. The minimum atomic E-state index is -0.750. The molecule has 0 unspecified atom stereocenters. The number of methoxy groups -OCH3 is 1. The number of nitrogens with one attached hydrogen (secondary N) is 1. The molecule has 30 heavy (non-hydrogen) atoms. The lowest BCUT2D eigenvalue weighted by Gasteiger charge is -2.22. The first-order valence-electron chi connectivity index (χ1n) is 10.1. The summed E-state index contributed by atoms with van der Waals surface area (Å²) < 4.78 is 19.3. The van der Waals surface area contributed by atoms with Crippen LogP contribution >= 0.6 is 0 Å². The van der Waals surface area contributed by atoms with Gasteiger partial charge in [0.05, 0.1) is 13.0 Å². The molecule has 1 aliphatic rings. The smallest absolute Gasteiger partial charge is 0.313 e. The van der Waals surface area contributed by atoms with Gasteiger partial charge in [-0.2, -0.15) is 0 Å². The van der Waals surface area contributed by atoms with Crippen LogP contribution in [0.1, 0.15) is 54.6 Å². The minimum absolute atomic E-state index is 0.0199. The zero-order valence-electron chi connectivity index (χ0n) is 17.8. The molecule has 1 amide bonds. The first-order chi connectivity index (χ1) is 14.2. The van der Waals surface area contributed by atoms with Crippen LogP contribution in [0.4, 0.5) is 4.39 Å². The predicted molar refractivity (Wildman–Crippen MR) is 115 cm³/mol. The molecule has 0 heterocycles. The van der Waals surface area contributed by atoms with E-state index in [2.05, 4.69) is 26.1 Å². The predicted octanol–water partition coefficient (Wildman–Crippen LogP) is 4.75. The van der Waals surface area contributed by atoms with Crippen molar-refractivity contribution >= 4 is 11.9 Å². The summed E-state index contributed by atoms with van der Waals surface area (Å²) >= 11 is 0. The maximum absolute atomic E-state index is 14.3. The highest BCUT2D eigenvalue weighted by Gasteiger charge is 2.35. The van der Waals surface area contributed by atoms with E-state index in [1.165, 1.54) is 13.2 Å². The van der Waals surface area contributed by atoms with Crippen molar-refractivity contribution in [2.45, 2.75) is 44.6 Å². The van der Waals surface area contributed by atoms with Crippen LogP contribution in [0.5, 0.6) is 0 Å². The molecular formula is C25H28FNO3. The van der Waals surface area contributed by atoms with Gasteiger partial charge in [0.1, 0.15) is 5.82 Å². The summed E-state index contributed by atoms with van der Waals surface area (Å²) in [5.74, 6) is -2.11. The molecule has 3 atom stereocenters. The van der Waals surface area contributed by atoms with Crippen molar-refractivity contribution in [2.24, 2.45) is 5.92 Å². The van der Waals surface area contributed by atoms with Crippen LogP contribution in [0.3, 0.4) is 0 Å². The second-order valence-corrected chi connectivity index (χ2v) is 8.71. The highest BCUT2D eigenvalue weighted by molar-refractivity contribution is 5.94. The van der Waals surface area contributed by atoms with E-state index in [0.717, 1.165) is 5.56 Å². The SMILES string of the molecule is COC(=O)[C@H](c1ccccc1F)[C@H]1C=C[C@H](NC(=O)c2ccc(C(C)(C)C)cc2)C1. The molecule has 0 aromatic heterocycles. The third kappa shape index (κ3) is 4.78. The normalized spacial score (nSPS) is 19.4. The standard InChI is InChI=1S/C25H28FNO3/c1-25(2,3)18-12-9-16(10-13-18)23(28)27-19-14-11-17(15-19)22(24(29)30-4)20-7-5-6-8-21(20)26/h5-14,17,19,22H,15H2,1-4H3,(H,27,28)/t17-,19-,22-/m0/s1. The first kappa shape index (κ1) is 21.8. The Hall–Kier alpha value is -2.95. The molecule has 4 nitrogen and oxygen atoms in total. The number of rotatable bonds is 5. The van der Waals surface area contributed by atoms with Crippen LogP contribution in [0, 0.1) is 11.7 Å². The van der Waals surface area contributed by atoms with Gasteiger partial charge >= 0.3 is 5.97 Å². The zero-order chi connectivity index (χ0) is 21.9. The van der Waals surface area contributed by atoms with E-state index in [-0.39, 0.29) is 23.3 Å². The van der Waals surface area contributed by atoms with Crippen LogP contribution < -0.4 is 5.32 Å². The van der Waals surface area contributed by atoms with Crippen LogP contribution in [0.2, 0.25) is 0 Å². The molecule has 0 spiro atoms. The Morgan fingerprint density at radius 2 is 1.73 bits per heavy atom. The fourth-order valence-electron chi connectivity index (χ4n) is 3.84. The van der Waals surface area contributed by atoms with Gasteiger partial charge in [0.25, 0.3) is 5.91 Å². The highest BCUT2D eigenvalue weighted by Crippen LogP contribution is 2.35. The fraction of sp³-hybridized carbons (Fsp3) is 0.360. The number of halogens is 1. The summed E-state index contributed by atoms with van der Waals surface area (Å²) in [6.07, 6.45) is 4.23. The molecule has 1 aliphatic carbocycles. The summed E-state index contributed by atoms with van der Waals surface area (Å²) in [5.41, 5.74) is 2.07. The number of allylic oxidation sites excluding steroid dienone is 1. The molecule has 2 aromatic rings. The van der Waals surface area contributed by atoms with Crippen LogP contribution in [-0.2, 0) is 14.9 Å². The molecule has 0 saturated carbocycles. The van der Waals surface area contributed by atoms with Crippen molar-refractivity contribution in [2.75, 3.05) is 7.11 Å². The van der Waals surface area contributed by atoms with Gasteiger partial charge in [0, 0.05) is 17.2 Å². The molecule has 158 valence electrons. The summed E-state index contributed by atoms with van der Waals surface area (Å²) in [6.45, 7) is 6.37. The van der Waals surface area contributed by atoms with Crippen molar-refractivity contribution in [1.29, 1.82) is 0 Å². The number of carbonyl (C=O) groups is 2. The zero-order valence-corrected chi connectivity index (χ0v) is 17.8. The molecule has 0 bridgehead atoms. The monoisotopic (exact) mass is 409 g/mol. The largest absolute Gasteiger partial charge is 0.469 e. The van der Waals surface area contributed by atoms with Crippen LogP contribution in [0.15, 0.2) is 60.7 Å². The van der Waals surface area contributed by atoms with Gasteiger partial charge < -0.3 is 10.1 Å². The van der Waals surface area contributed by atoms with Crippen molar-refractivity contribution in [3.05, 3.63) is 83.2 Å². The Kier molecular flexibility index (Phi) is 6.40. The number of esters is 1. The average molecular weight is 410 g/mol. The Labute approximate surface area is 177 Å². The minimum Gasteiger partial charge on any atom is -0.469 e. The molecule has 0 fully saturated rings. The Balaban J connectivity index is 1.70. The van der Waals surface area contributed by atoms with Gasteiger partial charge in [-0.25, -0.2) is 4.39 Å². The third-order valence-electron chi connectivity index (χ3n) is 5.57. The molecule has 0 saturated heterocycles. The molecule has 3 rings (SSSR count). The summed E-state index contributed by atoms with van der Waals surface area (Å²) in [7, 11) is 1.30. The number of benzene rings is 2. The van der Waals surface area contributed by atoms with Gasteiger partial charge in [-0.3, -0.25) is 9.59 Å². The van der Waals surface area contributed by atoms with Gasteiger partial charge in [0.2, 0.25) is 0 Å². The number of hydrogen-bond donors (Lipinski definition) is 1. The molecule has 2 aromatic carbocycles. The Morgan fingerprint density at radius 1 is 1.07 bits per heavy atom. The van der Waals surface area contributed by atoms with Crippen LogP contribution in [-0.4, -0.2) is 25.0 Å². The number of hydrogen-bond acceptors (Lipinski definition) is 3. The fourth-order valence-corrected chi connectivity index (χ4v) is 3.84. The number of amides is 1. The lowest BCUT2D eigenvalue weighted by molar-refractivity contribution is -0.143. The maximum Gasteiger partial charge on any atom is 0.313 e. The number of carbonyl (C=O) groups excluding carboxylic acids is 2. The first-order valence-corrected chi connectivity index (χ1v) is 10.1. The van der Waals surface area contributed by atoms with Crippen molar-refractivity contribution in [3.8, 4) is 0 Å². The van der Waals surface area contributed by atoms with E-state index in [0.29, 0.717) is 17.5 Å². The van der Waals surface area contributed by atoms with E-state index < -0.39 is 17.7 Å². The second-order valence-electron chi connectivity index (χ2n) is 8.71. The van der Waals surface area contributed by atoms with E-state index in [4.69, 9.17) is 4.74 Å². The number of ether oxygens (including phenoxy) is 1. The second kappa shape index (κ2) is 8.82. The van der Waals surface area contributed by atoms with Gasteiger partial charge in [-0.15, -0.1) is 0 Å². The Bertz CT molecular complexity index is 944. The highest BCUT2D eigenvalue weighted by atomic mass is 19.1. The van der Waals surface area contributed by atoms with Crippen molar-refractivity contribution in [1.82, 2.24) is 5.32 Å². The lowest BCUT2D eigenvalue weighted by atomic mass is 9.85. The summed E-state index contributed by atoms with van der Waals surface area (Å²) in [4.78, 5) is 25.1. The van der Waals surface area contributed by atoms with Gasteiger partial charge in [-0.05, 0) is 41.5 Å². The van der Waals surface area contributed by atoms with Crippen molar-refractivity contribution in [3.63, 3.8) is 0 Å². The third-order valence-corrected chi connectivity index (χ3v) is 5.57. The maximum atomic E-state index is 14.3.